The smallest absolute Gasteiger partial charge is 0.0671 e. The van der Waals surface area contributed by atoms with Gasteiger partial charge in [-0.3, -0.25) is 0 Å². The Morgan fingerprint density at radius 3 is 2.58 bits per heavy atom. The van der Waals surface area contributed by atoms with Gasteiger partial charge in [0.2, 0.25) is 0 Å². The van der Waals surface area contributed by atoms with Crippen LogP contribution in [0.15, 0.2) is 29.8 Å². The number of hydrogen-bond acceptors (Lipinski definition) is 0. The molecule has 3 radical (unpaired) electrons. The second-order valence-corrected chi connectivity index (χ2v) is 3.87. The van der Waals surface area contributed by atoms with Crippen LogP contribution in [0.25, 0.3) is 5.20 Å². The number of rotatable bonds is 0. The average Bonchev–Trinajstić information content (AvgIpc) is 2.33. The topological polar surface area (TPSA) is 0 Å². The van der Waals surface area contributed by atoms with Crippen molar-refractivity contribution >= 4 is 15.4 Å². The first-order valence-electron chi connectivity index (χ1n) is 4.23. The third kappa shape index (κ3) is 0.895. The van der Waals surface area contributed by atoms with Crippen LogP contribution in [0.4, 0.5) is 0 Å². The maximum absolute atomic E-state index is 3.67. The zero-order valence-corrected chi connectivity index (χ0v) is 8.39. The van der Waals surface area contributed by atoms with Gasteiger partial charge in [0, 0.05) is 5.92 Å². The van der Waals surface area contributed by atoms with Crippen LogP contribution in [0, 0.1) is 0 Å². The van der Waals surface area contributed by atoms with Crippen molar-refractivity contribution in [1.29, 1.82) is 0 Å². The van der Waals surface area contributed by atoms with E-state index in [1.54, 1.807) is 0 Å². The first-order valence-corrected chi connectivity index (χ1v) is 4.73. The van der Waals surface area contributed by atoms with Gasteiger partial charge < -0.3 is 0 Å². The fraction of sp³-hybridized carbons (Fsp3) is 0.273. The van der Waals surface area contributed by atoms with E-state index >= 15 is 0 Å². The molecule has 12 heavy (non-hydrogen) atoms. The van der Waals surface area contributed by atoms with E-state index in [-0.39, 0.29) is 0 Å². The molecule has 0 aromatic heterocycles. The predicted octanol–water partition coefficient (Wildman–Crippen LogP) is 2.70. The lowest BCUT2D eigenvalue weighted by atomic mass is 9.99. The Hall–Kier alpha value is -0.823. The van der Waals surface area contributed by atoms with Gasteiger partial charge in [0.25, 0.3) is 0 Å². The number of allylic oxidation sites excluding steroid dienone is 1. The van der Waals surface area contributed by atoms with Crippen molar-refractivity contribution < 1.29 is 0 Å². The SMILES string of the molecule is CC1=C([Si])c2ccccc2C1C. The normalized spacial score (nSPS) is 21.4. The Balaban J connectivity index is 2.65. The molecular weight excluding hydrogens is 160 g/mol. The highest BCUT2D eigenvalue weighted by Crippen LogP contribution is 2.39. The summed E-state index contributed by atoms with van der Waals surface area (Å²) in [5, 5.41) is 1.28. The van der Waals surface area contributed by atoms with Crippen molar-refractivity contribution in [3.63, 3.8) is 0 Å². The van der Waals surface area contributed by atoms with E-state index in [1.807, 2.05) is 0 Å². The third-order valence-electron chi connectivity index (χ3n) is 2.74. The zero-order valence-electron chi connectivity index (χ0n) is 7.39. The molecule has 0 aliphatic heterocycles. The van der Waals surface area contributed by atoms with Gasteiger partial charge in [-0.05, 0) is 18.1 Å². The van der Waals surface area contributed by atoms with E-state index in [0.29, 0.717) is 5.92 Å². The Kier molecular flexibility index (Phi) is 1.69. The summed E-state index contributed by atoms with van der Waals surface area (Å²) in [6.45, 7) is 4.44. The van der Waals surface area contributed by atoms with Gasteiger partial charge in [0.05, 0.1) is 10.2 Å². The van der Waals surface area contributed by atoms with Crippen LogP contribution in [0.5, 0.6) is 0 Å². The summed E-state index contributed by atoms with van der Waals surface area (Å²) in [5.41, 5.74) is 4.24. The van der Waals surface area contributed by atoms with Gasteiger partial charge in [-0.2, -0.15) is 0 Å². The summed E-state index contributed by atoms with van der Waals surface area (Å²) in [6.07, 6.45) is 0. The highest BCUT2D eigenvalue weighted by atomic mass is 28.1. The molecule has 59 valence electrons. The fourth-order valence-corrected chi connectivity index (χ4v) is 2.21. The summed E-state index contributed by atoms with van der Waals surface area (Å²) in [5.74, 6) is 0.577. The van der Waals surface area contributed by atoms with Crippen LogP contribution in [-0.2, 0) is 0 Å². The van der Waals surface area contributed by atoms with Crippen LogP contribution < -0.4 is 0 Å². The van der Waals surface area contributed by atoms with E-state index in [9.17, 15) is 0 Å². The molecule has 1 atom stereocenters. The minimum Gasteiger partial charge on any atom is -0.0671 e. The molecule has 0 amide bonds. The summed E-state index contributed by atoms with van der Waals surface area (Å²) < 4.78 is 0. The van der Waals surface area contributed by atoms with Gasteiger partial charge in [-0.15, -0.1) is 0 Å². The molecule has 0 bridgehead atoms. The molecule has 0 heterocycles. The number of hydrogen-bond donors (Lipinski definition) is 0. The van der Waals surface area contributed by atoms with Crippen LogP contribution in [0.3, 0.4) is 0 Å². The lowest BCUT2D eigenvalue weighted by molar-refractivity contribution is 0.921. The van der Waals surface area contributed by atoms with Crippen molar-refractivity contribution in [2.45, 2.75) is 19.8 Å². The Bertz CT molecular complexity index is 350. The molecule has 1 aromatic rings. The van der Waals surface area contributed by atoms with E-state index in [2.05, 4.69) is 48.4 Å². The molecule has 1 aliphatic rings. The zero-order chi connectivity index (χ0) is 8.72. The molecule has 2 rings (SSSR count). The van der Waals surface area contributed by atoms with Gasteiger partial charge in [0.15, 0.2) is 0 Å². The first kappa shape index (κ1) is 7.81. The maximum atomic E-state index is 3.67. The van der Waals surface area contributed by atoms with Crippen molar-refractivity contribution in [1.82, 2.24) is 0 Å². The molecule has 1 aliphatic carbocycles. The maximum Gasteiger partial charge on any atom is 0.0719 e. The van der Waals surface area contributed by atoms with Crippen LogP contribution in [0.2, 0.25) is 0 Å². The van der Waals surface area contributed by atoms with Gasteiger partial charge >= 0.3 is 0 Å². The number of fused-ring (bicyclic) bond motifs is 1. The fourth-order valence-electron chi connectivity index (χ4n) is 1.76. The van der Waals surface area contributed by atoms with E-state index in [4.69, 9.17) is 0 Å². The second kappa shape index (κ2) is 2.59. The van der Waals surface area contributed by atoms with Crippen molar-refractivity contribution in [3.05, 3.63) is 41.0 Å². The van der Waals surface area contributed by atoms with Gasteiger partial charge in [-0.1, -0.05) is 42.0 Å². The van der Waals surface area contributed by atoms with E-state index in [0.717, 1.165) is 0 Å². The molecule has 0 nitrogen and oxygen atoms in total. The largest absolute Gasteiger partial charge is 0.0719 e. The summed E-state index contributed by atoms with van der Waals surface area (Å²) in [7, 11) is 3.67. The average molecular weight is 171 g/mol. The molecule has 0 saturated carbocycles. The highest BCUT2D eigenvalue weighted by Gasteiger charge is 2.21. The lowest BCUT2D eigenvalue weighted by Gasteiger charge is -2.05. The minimum atomic E-state index is 0.577. The summed E-state index contributed by atoms with van der Waals surface area (Å²) >= 11 is 0. The number of benzene rings is 1. The molecule has 1 unspecified atom stereocenters. The summed E-state index contributed by atoms with van der Waals surface area (Å²) in [4.78, 5) is 0. The van der Waals surface area contributed by atoms with Crippen LogP contribution in [-0.4, -0.2) is 10.2 Å². The van der Waals surface area contributed by atoms with Crippen molar-refractivity contribution in [3.8, 4) is 0 Å². The van der Waals surface area contributed by atoms with Gasteiger partial charge in [0.1, 0.15) is 0 Å². The molecule has 0 spiro atoms. The minimum absolute atomic E-state index is 0.577. The highest BCUT2D eigenvalue weighted by molar-refractivity contribution is 6.43. The van der Waals surface area contributed by atoms with Gasteiger partial charge in [-0.25, -0.2) is 0 Å². The Labute approximate surface area is 76.7 Å². The van der Waals surface area contributed by atoms with Crippen LogP contribution in [0.1, 0.15) is 30.9 Å². The second-order valence-electron chi connectivity index (χ2n) is 3.37. The first-order chi connectivity index (χ1) is 5.72. The van der Waals surface area contributed by atoms with Crippen LogP contribution >= 0.6 is 0 Å². The van der Waals surface area contributed by atoms with Crippen molar-refractivity contribution in [2.24, 2.45) is 0 Å². The van der Waals surface area contributed by atoms with E-state index in [1.165, 1.54) is 21.9 Å². The molecule has 1 aromatic carbocycles. The lowest BCUT2D eigenvalue weighted by Crippen LogP contribution is -1.88. The molecular formula is C11H11Si. The quantitative estimate of drug-likeness (QED) is 0.526. The van der Waals surface area contributed by atoms with Crippen molar-refractivity contribution in [2.75, 3.05) is 0 Å². The molecule has 1 heteroatoms. The molecule has 0 N–H and O–H groups in total. The third-order valence-corrected chi connectivity index (χ3v) is 3.40. The molecule has 0 fully saturated rings. The standard InChI is InChI=1S/C11H11Si/c1-7-8(2)11(12)10-6-4-3-5-9(7)10/h3-7H,1-2H3. The Morgan fingerprint density at radius 2 is 1.92 bits per heavy atom. The predicted molar refractivity (Wildman–Crippen MR) is 53.2 cm³/mol. The molecule has 0 saturated heterocycles. The Morgan fingerprint density at radius 1 is 1.25 bits per heavy atom. The monoisotopic (exact) mass is 171 g/mol. The summed E-state index contributed by atoms with van der Waals surface area (Å²) in [6, 6.07) is 8.57. The van der Waals surface area contributed by atoms with E-state index < -0.39 is 0 Å².